The molecule has 1 aliphatic heterocycles. The van der Waals surface area contributed by atoms with Crippen LogP contribution in [0.25, 0.3) is 0 Å². The van der Waals surface area contributed by atoms with Crippen molar-refractivity contribution in [1.29, 1.82) is 0 Å². The summed E-state index contributed by atoms with van der Waals surface area (Å²) in [6, 6.07) is 2.62. The Bertz CT molecular complexity index is 562. The van der Waals surface area contributed by atoms with Crippen LogP contribution >= 0.6 is 11.6 Å². The lowest BCUT2D eigenvalue weighted by Crippen LogP contribution is -2.31. The van der Waals surface area contributed by atoms with Gasteiger partial charge in [0, 0.05) is 19.2 Å². The van der Waals surface area contributed by atoms with Gasteiger partial charge in [-0.1, -0.05) is 11.6 Å². The largest absolute Gasteiger partial charge is 0.495 e. The van der Waals surface area contributed by atoms with Crippen molar-refractivity contribution in [2.75, 3.05) is 26.6 Å². The normalized spacial score (nSPS) is 18.4. The van der Waals surface area contributed by atoms with Gasteiger partial charge < -0.3 is 14.8 Å². The van der Waals surface area contributed by atoms with E-state index in [1.807, 2.05) is 0 Å². The van der Waals surface area contributed by atoms with Gasteiger partial charge in [0.05, 0.1) is 31.4 Å². The zero-order valence-corrected chi connectivity index (χ0v) is 12.2. The molecule has 1 unspecified atom stereocenters. The highest BCUT2D eigenvalue weighted by atomic mass is 35.5. The molecule has 1 fully saturated rings. The summed E-state index contributed by atoms with van der Waals surface area (Å²) in [6.45, 7) is 0. The standard InChI is InChI=1S/C13H15ClN2O4/c1-16-12(17)6-9(13(16)18)15-8-5-10(19-2)7(14)4-11(8)20-3/h4-5,9,15H,6H2,1-3H3. The van der Waals surface area contributed by atoms with Gasteiger partial charge in [-0.25, -0.2) is 0 Å². The van der Waals surface area contributed by atoms with Crippen LogP contribution in [0.15, 0.2) is 12.1 Å². The molecule has 1 heterocycles. The maximum atomic E-state index is 11.9. The van der Waals surface area contributed by atoms with Crippen LogP contribution in [0.2, 0.25) is 5.02 Å². The van der Waals surface area contributed by atoms with Crippen molar-refractivity contribution in [3.05, 3.63) is 17.2 Å². The summed E-state index contributed by atoms with van der Waals surface area (Å²) >= 11 is 6.01. The van der Waals surface area contributed by atoms with E-state index in [1.54, 1.807) is 12.1 Å². The average molecular weight is 299 g/mol. The van der Waals surface area contributed by atoms with Gasteiger partial charge in [0.1, 0.15) is 17.5 Å². The lowest BCUT2D eigenvalue weighted by molar-refractivity contribution is -0.136. The van der Waals surface area contributed by atoms with Crippen LogP contribution in [0, 0.1) is 0 Å². The zero-order valence-electron chi connectivity index (χ0n) is 11.4. The van der Waals surface area contributed by atoms with Gasteiger partial charge in [-0.2, -0.15) is 0 Å². The fourth-order valence-electron chi connectivity index (χ4n) is 2.03. The molecule has 2 amide bonds. The number of benzene rings is 1. The summed E-state index contributed by atoms with van der Waals surface area (Å²) in [7, 11) is 4.46. The Labute approximate surface area is 121 Å². The van der Waals surface area contributed by atoms with Gasteiger partial charge in [-0.15, -0.1) is 0 Å². The highest BCUT2D eigenvalue weighted by Gasteiger charge is 2.36. The monoisotopic (exact) mass is 298 g/mol. The summed E-state index contributed by atoms with van der Waals surface area (Å²) in [6.07, 6.45) is 0.115. The molecular formula is C13H15ClN2O4. The van der Waals surface area contributed by atoms with Gasteiger partial charge in [-0.3, -0.25) is 14.5 Å². The highest BCUT2D eigenvalue weighted by molar-refractivity contribution is 6.32. The summed E-state index contributed by atoms with van der Waals surface area (Å²) in [4.78, 5) is 24.5. The minimum Gasteiger partial charge on any atom is -0.495 e. The van der Waals surface area contributed by atoms with E-state index in [0.29, 0.717) is 22.2 Å². The van der Waals surface area contributed by atoms with E-state index in [2.05, 4.69) is 5.32 Å². The average Bonchev–Trinajstić information content (AvgIpc) is 2.67. The van der Waals surface area contributed by atoms with Gasteiger partial charge >= 0.3 is 0 Å². The number of amides is 2. The molecule has 108 valence electrons. The van der Waals surface area contributed by atoms with Crippen molar-refractivity contribution in [3.8, 4) is 11.5 Å². The molecule has 2 rings (SSSR count). The lowest BCUT2D eigenvalue weighted by atomic mass is 10.2. The number of nitrogens with zero attached hydrogens (tertiary/aromatic N) is 1. The Morgan fingerprint density at radius 3 is 2.40 bits per heavy atom. The second kappa shape index (κ2) is 5.58. The van der Waals surface area contributed by atoms with Crippen molar-refractivity contribution in [2.45, 2.75) is 12.5 Å². The molecule has 0 aliphatic carbocycles. The second-order valence-corrected chi connectivity index (χ2v) is 4.79. The molecular weight excluding hydrogens is 284 g/mol. The number of ether oxygens (including phenoxy) is 2. The van der Waals surface area contributed by atoms with E-state index in [-0.39, 0.29) is 18.2 Å². The smallest absolute Gasteiger partial charge is 0.251 e. The Balaban J connectivity index is 2.29. The summed E-state index contributed by atoms with van der Waals surface area (Å²) in [5.41, 5.74) is 0.551. The third kappa shape index (κ3) is 2.51. The molecule has 0 radical (unpaired) electrons. The quantitative estimate of drug-likeness (QED) is 0.854. The highest BCUT2D eigenvalue weighted by Crippen LogP contribution is 2.36. The van der Waals surface area contributed by atoms with Crippen molar-refractivity contribution in [3.63, 3.8) is 0 Å². The molecule has 0 spiro atoms. The van der Waals surface area contributed by atoms with Crippen LogP contribution in [0.5, 0.6) is 11.5 Å². The molecule has 6 nitrogen and oxygen atoms in total. The minimum absolute atomic E-state index is 0.115. The van der Waals surface area contributed by atoms with E-state index in [4.69, 9.17) is 21.1 Å². The van der Waals surface area contributed by atoms with E-state index in [1.165, 1.54) is 21.3 Å². The molecule has 1 atom stereocenters. The SMILES string of the molecule is COc1cc(NC2CC(=O)N(C)C2=O)c(OC)cc1Cl. The fourth-order valence-corrected chi connectivity index (χ4v) is 2.26. The maximum Gasteiger partial charge on any atom is 0.251 e. The number of imide groups is 1. The van der Waals surface area contributed by atoms with E-state index in [0.717, 1.165) is 4.90 Å². The number of carbonyl (C=O) groups excluding carboxylic acids is 2. The predicted octanol–water partition coefficient (Wildman–Crippen LogP) is 1.53. The fraction of sp³-hybridized carbons (Fsp3) is 0.385. The number of carbonyl (C=O) groups is 2. The van der Waals surface area contributed by atoms with E-state index in [9.17, 15) is 9.59 Å². The lowest BCUT2D eigenvalue weighted by Gasteiger charge is -2.17. The Kier molecular flexibility index (Phi) is 4.04. The molecule has 1 aromatic rings. The Hall–Kier alpha value is -1.95. The molecule has 1 aliphatic rings. The van der Waals surface area contributed by atoms with Crippen LogP contribution in [-0.4, -0.2) is 44.0 Å². The molecule has 0 saturated carbocycles. The molecule has 7 heteroatoms. The van der Waals surface area contributed by atoms with Crippen LogP contribution in [-0.2, 0) is 9.59 Å². The summed E-state index contributed by atoms with van der Waals surface area (Å²) < 4.78 is 10.3. The second-order valence-electron chi connectivity index (χ2n) is 4.38. The van der Waals surface area contributed by atoms with E-state index >= 15 is 0 Å². The first kappa shape index (κ1) is 14.5. The number of anilines is 1. The third-order valence-corrected chi connectivity index (χ3v) is 3.48. The van der Waals surface area contributed by atoms with Crippen molar-refractivity contribution in [1.82, 2.24) is 4.90 Å². The minimum atomic E-state index is -0.604. The van der Waals surface area contributed by atoms with Crippen LogP contribution in [0.1, 0.15) is 6.42 Å². The van der Waals surface area contributed by atoms with Crippen LogP contribution in [0.4, 0.5) is 5.69 Å². The first-order chi connectivity index (χ1) is 9.47. The third-order valence-electron chi connectivity index (χ3n) is 3.19. The maximum absolute atomic E-state index is 11.9. The number of likely N-dealkylation sites (tertiary alicyclic amines) is 1. The number of rotatable bonds is 4. The first-order valence-electron chi connectivity index (χ1n) is 5.96. The first-order valence-corrected chi connectivity index (χ1v) is 6.34. The predicted molar refractivity (Wildman–Crippen MR) is 74.4 cm³/mol. The van der Waals surface area contributed by atoms with Gasteiger partial charge in [-0.05, 0) is 0 Å². The van der Waals surface area contributed by atoms with Crippen molar-refractivity contribution >= 4 is 29.1 Å². The zero-order chi connectivity index (χ0) is 14.9. The summed E-state index contributed by atoms with van der Waals surface area (Å²) in [5.74, 6) is 0.448. The Morgan fingerprint density at radius 1 is 1.25 bits per heavy atom. The molecule has 0 aromatic heterocycles. The van der Waals surface area contributed by atoms with Crippen LogP contribution in [0.3, 0.4) is 0 Å². The molecule has 1 aromatic carbocycles. The number of halogens is 1. The summed E-state index contributed by atoms with van der Waals surface area (Å²) in [5, 5.41) is 3.40. The van der Waals surface area contributed by atoms with Crippen LogP contribution < -0.4 is 14.8 Å². The van der Waals surface area contributed by atoms with Gasteiger partial charge in [0.2, 0.25) is 5.91 Å². The number of hydrogen-bond donors (Lipinski definition) is 1. The van der Waals surface area contributed by atoms with E-state index < -0.39 is 6.04 Å². The number of likely N-dealkylation sites (N-methyl/N-ethyl adjacent to an activating group) is 1. The molecule has 0 bridgehead atoms. The Morgan fingerprint density at radius 2 is 1.90 bits per heavy atom. The number of nitrogens with one attached hydrogen (secondary N) is 1. The number of hydrogen-bond acceptors (Lipinski definition) is 5. The van der Waals surface area contributed by atoms with Crippen molar-refractivity contribution < 1.29 is 19.1 Å². The van der Waals surface area contributed by atoms with Crippen molar-refractivity contribution in [2.24, 2.45) is 0 Å². The molecule has 1 saturated heterocycles. The van der Waals surface area contributed by atoms with Gasteiger partial charge in [0.15, 0.2) is 0 Å². The topological polar surface area (TPSA) is 67.9 Å². The molecule has 20 heavy (non-hydrogen) atoms. The molecule has 1 N–H and O–H groups in total. The number of methoxy groups -OCH3 is 2. The van der Waals surface area contributed by atoms with Gasteiger partial charge in [0.25, 0.3) is 5.91 Å².